The predicted molar refractivity (Wildman–Crippen MR) is 135 cm³/mol. The number of benzene rings is 1. The van der Waals surface area contributed by atoms with Crippen LogP contribution >= 0.6 is 0 Å². The van der Waals surface area contributed by atoms with Crippen LogP contribution in [0.3, 0.4) is 0 Å². The van der Waals surface area contributed by atoms with Crippen LogP contribution in [0.25, 0.3) is 11.0 Å². The van der Waals surface area contributed by atoms with E-state index in [1.54, 1.807) is 6.07 Å². The smallest absolute Gasteiger partial charge is 0.434 e. The van der Waals surface area contributed by atoms with Gasteiger partial charge < -0.3 is 28.5 Å². The van der Waals surface area contributed by atoms with Gasteiger partial charge in [-0.05, 0) is 58.1 Å². The highest BCUT2D eigenvalue weighted by molar-refractivity contribution is 6.65. The minimum atomic E-state index is -0.720. The van der Waals surface area contributed by atoms with E-state index in [1.807, 2.05) is 39.8 Å². The Bertz CT molecular complexity index is 1140. The van der Waals surface area contributed by atoms with Gasteiger partial charge >= 0.3 is 18.7 Å². The fourth-order valence-electron chi connectivity index (χ4n) is 4.86. The van der Waals surface area contributed by atoms with Gasteiger partial charge in [-0.1, -0.05) is 20.8 Å². The first kappa shape index (κ1) is 25.7. The normalized spacial score (nSPS) is 29.8. The maximum absolute atomic E-state index is 12.4. The molecular weight excluding hydrogens is 449 g/mol. The summed E-state index contributed by atoms with van der Waals surface area (Å²) in [5.74, 6) is 0.0319. The molecular formula is C26H36BNO7. The maximum Gasteiger partial charge on any atom is 0.495 e. The summed E-state index contributed by atoms with van der Waals surface area (Å²) in [5.41, 5.74) is 0.236. The Labute approximate surface area is 206 Å². The molecule has 2 aromatic rings. The highest BCUT2D eigenvalue weighted by Gasteiger charge is 2.52. The molecule has 3 heterocycles. The third-order valence-corrected chi connectivity index (χ3v) is 7.89. The van der Waals surface area contributed by atoms with E-state index < -0.39 is 36.2 Å². The van der Waals surface area contributed by atoms with Gasteiger partial charge in [0, 0.05) is 35.6 Å². The van der Waals surface area contributed by atoms with Crippen LogP contribution in [0.2, 0.25) is 0 Å². The highest BCUT2D eigenvalue weighted by atomic mass is 16.7. The lowest BCUT2D eigenvalue weighted by molar-refractivity contribution is -0.223. The summed E-state index contributed by atoms with van der Waals surface area (Å²) >= 11 is 0. The van der Waals surface area contributed by atoms with Crippen molar-refractivity contribution >= 4 is 35.2 Å². The molecule has 0 spiro atoms. The van der Waals surface area contributed by atoms with E-state index >= 15 is 0 Å². The molecule has 0 saturated carbocycles. The Morgan fingerprint density at radius 2 is 1.74 bits per heavy atom. The van der Waals surface area contributed by atoms with E-state index in [1.165, 1.54) is 13.0 Å². The first-order valence-corrected chi connectivity index (χ1v) is 12.4. The van der Waals surface area contributed by atoms with Gasteiger partial charge in [0.05, 0.1) is 23.3 Å². The lowest BCUT2D eigenvalue weighted by Gasteiger charge is -2.44. The molecule has 9 heteroatoms. The fourth-order valence-corrected chi connectivity index (χ4v) is 4.86. The summed E-state index contributed by atoms with van der Waals surface area (Å²) in [6.07, 6.45) is 0.116. The average Bonchev–Trinajstić information content (AvgIpc) is 2.98. The van der Waals surface area contributed by atoms with Gasteiger partial charge in [-0.3, -0.25) is 4.79 Å². The van der Waals surface area contributed by atoms with Crippen LogP contribution in [0.5, 0.6) is 0 Å². The molecule has 0 aliphatic carbocycles. The summed E-state index contributed by atoms with van der Waals surface area (Å²) in [6.45, 7) is 15.6. The standard InChI is InChI=1S/C26H36BNO7/c1-9-20-14(2)15(3)23(24(33-20)31-16(4)29)28-17-10-11-18-19(13-22(30)32-21(18)12-17)27-34-25(5,6)26(7,8)35-27/h10-15,20,23-24,28H,9H2,1-8H3/t14-,15?,20?,23-,24?/m0/s1. The van der Waals surface area contributed by atoms with Crippen LogP contribution < -0.4 is 16.4 Å². The number of rotatable bonds is 5. The second-order valence-electron chi connectivity index (χ2n) is 10.8. The molecule has 2 fully saturated rings. The van der Waals surface area contributed by atoms with Crippen molar-refractivity contribution in [3.8, 4) is 0 Å². The summed E-state index contributed by atoms with van der Waals surface area (Å²) in [4.78, 5) is 24.2. The largest absolute Gasteiger partial charge is 0.495 e. The fraction of sp³-hybridized carbons (Fsp3) is 0.615. The van der Waals surface area contributed by atoms with E-state index in [0.29, 0.717) is 11.0 Å². The molecule has 190 valence electrons. The Hall–Kier alpha value is -2.36. The lowest BCUT2D eigenvalue weighted by Crippen LogP contribution is -2.54. The van der Waals surface area contributed by atoms with Crippen LogP contribution in [-0.2, 0) is 23.6 Å². The van der Waals surface area contributed by atoms with Gasteiger partial charge in [-0.15, -0.1) is 0 Å². The molecule has 4 rings (SSSR count). The number of nitrogens with one attached hydrogen (secondary N) is 1. The zero-order chi connectivity index (χ0) is 25.7. The third-order valence-electron chi connectivity index (χ3n) is 7.89. The molecule has 0 bridgehead atoms. The van der Waals surface area contributed by atoms with E-state index in [0.717, 1.165) is 17.5 Å². The molecule has 2 aliphatic rings. The first-order chi connectivity index (χ1) is 16.3. The summed E-state index contributed by atoms with van der Waals surface area (Å²) in [6, 6.07) is 6.73. The molecule has 1 aromatic carbocycles. The molecule has 1 aromatic heterocycles. The molecule has 0 radical (unpaired) electrons. The van der Waals surface area contributed by atoms with Crippen molar-refractivity contribution in [2.24, 2.45) is 11.8 Å². The Kier molecular flexibility index (Phi) is 6.81. The van der Waals surface area contributed by atoms with Crippen LogP contribution in [-0.4, -0.2) is 42.7 Å². The van der Waals surface area contributed by atoms with Crippen molar-refractivity contribution in [3.63, 3.8) is 0 Å². The number of hydrogen-bond acceptors (Lipinski definition) is 8. The zero-order valence-electron chi connectivity index (χ0n) is 21.8. The summed E-state index contributed by atoms with van der Waals surface area (Å²) in [7, 11) is -0.683. The number of carbonyl (C=O) groups is 1. The number of carbonyl (C=O) groups excluding carboxylic acids is 1. The average molecular weight is 485 g/mol. The maximum atomic E-state index is 12.4. The summed E-state index contributed by atoms with van der Waals surface area (Å²) in [5, 5.41) is 4.19. The van der Waals surface area contributed by atoms with Crippen LogP contribution in [0.15, 0.2) is 33.5 Å². The lowest BCUT2D eigenvalue weighted by atomic mass is 9.77. The SMILES string of the molecule is CCC1OC(OC(C)=O)[C@@H](Nc2ccc3c(B4OC(C)(C)C(C)(C)O4)cc(=O)oc3c2)C(C)[C@@H]1C. The molecule has 2 aliphatic heterocycles. The topological polar surface area (TPSA) is 96.2 Å². The van der Waals surface area contributed by atoms with Crippen LogP contribution in [0, 0.1) is 11.8 Å². The van der Waals surface area contributed by atoms with Crippen LogP contribution in [0.1, 0.15) is 61.8 Å². The summed E-state index contributed by atoms with van der Waals surface area (Å²) < 4.78 is 29.6. The molecule has 0 amide bonds. The second-order valence-corrected chi connectivity index (χ2v) is 10.8. The van der Waals surface area contributed by atoms with Gasteiger partial charge in [-0.25, -0.2) is 4.79 Å². The number of hydrogen-bond donors (Lipinski definition) is 1. The van der Waals surface area contributed by atoms with Gasteiger partial charge in [0.1, 0.15) is 5.58 Å². The monoisotopic (exact) mass is 485 g/mol. The van der Waals surface area contributed by atoms with Crippen molar-refractivity contribution < 1.29 is 28.0 Å². The van der Waals surface area contributed by atoms with Crippen molar-refractivity contribution in [1.82, 2.24) is 0 Å². The third kappa shape index (κ3) is 4.86. The van der Waals surface area contributed by atoms with Crippen molar-refractivity contribution in [2.45, 2.75) is 91.4 Å². The zero-order valence-corrected chi connectivity index (χ0v) is 21.8. The van der Waals surface area contributed by atoms with Gasteiger partial charge in [0.15, 0.2) is 0 Å². The number of anilines is 1. The number of fused-ring (bicyclic) bond motifs is 1. The molecule has 8 nitrogen and oxygen atoms in total. The Balaban J connectivity index is 1.66. The minimum Gasteiger partial charge on any atom is -0.434 e. The van der Waals surface area contributed by atoms with Crippen molar-refractivity contribution in [2.75, 3.05) is 5.32 Å². The van der Waals surface area contributed by atoms with E-state index in [2.05, 4.69) is 26.1 Å². The van der Waals surface area contributed by atoms with E-state index in [9.17, 15) is 9.59 Å². The molecule has 1 N–H and O–H groups in total. The van der Waals surface area contributed by atoms with Gasteiger partial charge in [0.25, 0.3) is 0 Å². The van der Waals surface area contributed by atoms with Crippen molar-refractivity contribution in [3.05, 3.63) is 34.7 Å². The molecule has 2 saturated heterocycles. The van der Waals surface area contributed by atoms with E-state index in [4.69, 9.17) is 23.2 Å². The van der Waals surface area contributed by atoms with Gasteiger partial charge in [0.2, 0.25) is 6.29 Å². The minimum absolute atomic E-state index is 0.00416. The second kappa shape index (κ2) is 9.26. The van der Waals surface area contributed by atoms with E-state index in [-0.39, 0.29) is 24.0 Å². The Morgan fingerprint density at radius 3 is 2.34 bits per heavy atom. The molecule has 35 heavy (non-hydrogen) atoms. The predicted octanol–water partition coefficient (Wildman–Crippen LogP) is 3.84. The molecule has 3 unspecified atom stereocenters. The quantitative estimate of drug-likeness (QED) is 0.388. The van der Waals surface area contributed by atoms with Crippen LogP contribution in [0.4, 0.5) is 5.69 Å². The Morgan fingerprint density at radius 1 is 1.09 bits per heavy atom. The first-order valence-electron chi connectivity index (χ1n) is 12.4. The number of ether oxygens (including phenoxy) is 2. The van der Waals surface area contributed by atoms with Crippen molar-refractivity contribution in [1.29, 1.82) is 0 Å². The molecule has 5 atom stereocenters. The highest BCUT2D eigenvalue weighted by Crippen LogP contribution is 2.38. The number of esters is 1. The van der Waals surface area contributed by atoms with Gasteiger partial charge in [-0.2, -0.15) is 0 Å².